The number of primary amides is 1. The topological polar surface area (TPSA) is 95.7 Å². The van der Waals surface area contributed by atoms with Crippen LogP contribution in [0.5, 0.6) is 0 Å². The monoisotopic (exact) mass is 339 g/mol. The van der Waals surface area contributed by atoms with Crippen molar-refractivity contribution in [2.75, 3.05) is 26.2 Å². The number of amides is 2. The van der Waals surface area contributed by atoms with E-state index in [2.05, 4.69) is 5.32 Å². The molecule has 0 radical (unpaired) electrons. The maximum atomic E-state index is 12.2. The standard InChI is InChI=1S/C16H22ClN3O3/c17-13-3-1-11(2-4-13)14(21)9-19-16(23)12-5-7-20(8-6-12)10-15(18)22/h1-4,12,14,21H,5-10H2,(H2,18,22)(H,19,23)/t14-/m0/s1. The highest BCUT2D eigenvalue weighted by Crippen LogP contribution is 2.18. The first-order valence-electron chi connectivity index (χ1n) is 7.67. The van der Waals surface area contributed by atoms with Gasteiger partial charge in [0.15, 0.2) is 0 Å². The van der Waals surface area contributed by atoms with Crippen LogP contribution < -0.4 is 11.1 Å². The smallest absolute Gasteiger partial charge is 0.231 e. The molecule has 6 nitrogen and oxygen atoms in total. The van der Waals surface area contributed by atoms with Crippen molar-refractivity contribution in [3.05, 3.63) is 34.9 Å². The predicted octanol–water partition coefficient (Wildman–Crippen LogP) is 0.687. The van der Waals surface area contributed by atoms with Gasteiger partial charge in [-0.25, -0.2) is 0 Å². The summed E-state index contributed by atoms with van der Waals surface area (Å²) in [5.74, 6) is -0.493. The van der Waals surface area contributed by atoms with E-state index in [4.69, 9.17) is 17.3 Å². The van der Waals surface area contributed by atoms with Gasteiger partial charge in [-0.05, 0) is 43.6 Å². The maximum Gasteiger partial charge on any atom is 0.231 e. The number of benzene rings is 1. The first kappa shape index (κ1) is 17.7. The lowest BCUT2D eigenvalue weighted by atomic mass is 9.95. The van der Waals surface area contributed by atoms with E-state index in [0.29, 0.717) is 36.5 Å². The van der Waals surface area contributed by atoms with E-state index in [0.717, 1.165) is 0 Å². The molecular formula is C16H22ClN3O3. The quantitative estimate of drug-likeness (QED) is 0.710. The van der Waals surface area contributed by atoms with E-state index in [1.54, 1.807) is 24.3 Å². The highest BCUT2D eigenvalue weighted by molar-refractivity contribution is 6.30. The van der Waals surface area contributed by atoms with Gasteiger partial charge in [-0.1, -0.05) is 23.7 Å². The highest BCUT2D eigenvalue weighted by Gasteiger charge is 2.25. The average Bonchev–Trinajstić information content (AvgIpc) is 2.53. The molecule has 1 aromatic rings. The van der Waals surface area contributed by atoms with Crippen molar-refractivity contribution < 1.29 is 14.7 Å². The molecule has 1 aromatic carbocycles. The van der Waals surface area contributed by atoms with Crippen LogP contribution in [-0.4, -0.2) is 48.0 Å². The van der Waals surface area contributed by atoms with Crippen molar-refractivity contribution in [1.29, 1.82) is 0 Å². The number of likely N-dealkylation sites (tertiary alicyclic amines) is 1. The van der Waals surface area contributed by atoms with Crippen molar-refractivity contribution in [1.82, 2.24) is 10.2 Å². The molecule has 0 unspecified atom stereocenters. The summed E-state index contributed by atoms with van der Waals surface area (Å²) in [6.45, 7) is 1.77. The minimum atomic E-state index is -0.758. The Kier molecular flexibility index (Phi) is 6.38. The number of rotatable bonds is 6. The second kappa shape index (κ2) is 8.29. The first-order chi connectivity index (χ1) is 11.0. The molecule has 2 amide bonds. The molecule has 1 atom stereocenters. The Morgan fingerprint density at radius 3 is 2.48 bits per heavy atom. The lowest BCUT2D eigenvalue weighted by molar-refractivity contribution is -0.127. The van der Waals surface area contributed by atoms with Crippen LogP contribution >= 0.6 is 11.6 Å². The van der Waals surface area contributed by atoms with Crippen LogP contribution in [0.25, 0.3) is 0 Å². The van der Waals surface area contributed by atoms with Gasteiger partial charge >= 0.3 is 0 Å². The van der Waals surface area contributed by atoms with E-state index in [-0.39, 0.29) is 30.8 Å². The van der Waals surface area contributed by atoms with E-state index in [1.807, 2.05) is 4.90 Å². The summed E-state index contributed by atoms with van der Waals surface area (Å²) in [7, 11) is 0. The Labute approximate surface area is 140 Å². The van der Waals surface area contributed by atoms with Crippen LogP contribution in [0.3, 0.4) is 0 Å². The second-order valence-corrected chi connectivity index (χ2v) is 6.27. The SMILES string of the molecule is NC(=O)CN1CCC(C(=O)NC[C@H](O)c2ccc(Cl)cc2)CC1. The van der Waals surface area contributed by atoms with Crippen LogP contribution in [0.1, 0.15) is 24.5 Å². The van der Waals surface area contributed by atoms with Crippen molar-refractivity contribution in [3.63, 3.8) is 0 Å². The fourth-order valence-electron chi connectivity index (χ4n) is 2.72. The summed E-state index contributed by atoms with van der Waals surface area (Å²) < 4.78 is 0. The normalized spacial score (nSPS) is 17.7. The Morgan fingerprint density at radius 1 is 1.30 bits per heavy atom. The van der Waals surface area contributed by atoms with Crippen LogP contribution in [0.2, 0.25) is 5.02 Å². The highest BCUT2D eigenvalue weighted by atomic mass is 35.5. The zero-order chi connectivity index (χ0) is 16.8. The largest absolute Gasteiger partial charge is 0.387 e. The molecule has 2 rings (SSSR count). The van der Waals surface area contributed by atoms with E-state index < -0.39 is 6.10 Å². The van der Waals surface area contributed by atoms with Crippen molar-refractivity contribution >= 4 is 23.4 Å². The molecular weight excluding hydrogens is 318 g/mol. The molecule has 1 heterocycles. The predicted molar refractivity (Wildman–Crippen MR) is 87.8 cm³/mol. The Bertz CT molecular complexity index is 542. The van der Waals surface area contributed by atoms with Gasteiger partial charge in [0, 0.05) is 17.5 Å². The lowest BCUT2D eigenvalue weighted by Crippen LogP contribution is -2.44. The molecule has 0 spiro atoms. The summed E-state index contributed by atoms with van der Waals surface area (Å²) in [6, 6.07) is 6.88. The fourth-order valence-corrected chi connectivity index (χ4v) is 2.84. The van der Waals surface area contributed by atoms with Gasteiger partial charge in [-0.3, -0.25) is 14.5 Å². The van der Waals surface area contributed by atoms with Crippen LogP contribution in [-0.2, 0) is 9.59 Å². The number of halogens is 1. The molecule has 4 N–H and O–H groups in total. The average molecular weight is 340 g/mol. The number of nitrogens with two attached hydrogens (primary N) is 1. The third kappa shape index (κ3) is 5.49. The van der Waals surface area contributed by atoms with Crippen molar-refractivity contribution in [2.45, 2.75) is 18.9 Å². The number of hydrogen-bond donors (Lipinski definition) is 3. The molecule has 1 aliphatic heterocycles. The van der Waals surface area contributed by atoms with Crippen molar-refractivity contribution in [2.24, 2.45) is 11.7 Å². The number of aliphatic hydroxyl groups excluding tert-OH is 1. The Hall–Kier alpha value is -1.63. The van der Waals surface area contributed by atoms with Gasteiger partial charge in [-0.15, -0.1) is 0 Å². The summed E-state index contributed by atoms with van der Waals surface area (Å²) in [5.41, 5.74) is 5.88. The van der Waals surface area contributed by atoms with Gasteiger partial charge in [-0.2, -0.15) is 0 Å². The maximum absolute atomic E-state index is 12.2. The molecule has 0 saturated carbocycles. The molecule has 1 aliphatic rings. The van der Waals surface area contributed by atoms with Crippen LogP contribution in [0.15, 0.2) is 24.3 Å². The fraction of sp³-hybridized carbons (Fsp3) is 0.500. The van der Waals surface area contributed by atoms with Gasteiger partial charge in [0.05, 0.1) is 12.6 Å². The number of aliphatic hydroxyl groups is 1. The molecule has 23 heavy (non-hydrogen) atoms. The number of nitrogens with zero attached hydrogens (tertiary/aromatic N) is 1. The molecule has 1 fully saturated rings. The van der Waals surface area contributed by atoms with Gasteiger partial charge in [0.1, 0.15) is 0 Å². The molecule has 126 valence electrons. The van der Waals surface area contributed by atoms with E-state index in [9.17, 15) is 14.7 Å². The zero-order valence-corrected chi connectivity index (χ0v) is 13.6. The summed E-state index contributed by atoms with van der Waals surface area (Å²) in [5, 5.41) is 13.5. The third-order valence-electron chi connectivity index (χ3n) is 4.06. The Balaban J connectivity index is 1.75. The summed E-state index contributed by atoms with van der Waals surface area (Å²) in [6.07, 6.45) is 0.623. The summed E-state index contributed by atoms with van der Waals surface area (Å²) in [4.78, 5) is 25.0. The molecule has 0 aromatic heterocycles. The molecule has 0 bridgehead atoms. The van der Waals surface area contributed by atoms with E-state index >= 15 is 0 Å². The Morgan fingerprint density at radius 2 is 1.91 bits per heavy atom. The minimum Gasteiger partial charge on any atom is -0.387 e. The van der Waals surface area contributed by atoms with Crippen LogP contribution in [0, 0.1) is 5.92 Å². The lowest BCUT2D eigenvalue weighted by Gasteiger charge is -2.30. The van der Waals surface area contributed by atoms with Gasteiger partial charge in [0.2, 0.25) is 11.8 Å². The molecule has 1 saturated heterocycles. The third-order valence-corrected chi connectivity index (χ3v) is 4.31. The number of carbonyl (C=O) groups is 2. The minimum absolute atomic E-state index is 0.0586. The first-order valence-corrected chi connectivity index (χ1v) is 8.05. The van der Waals surface area contributed by atoms with Gasteiger partial charge < -0.3 is 16.2 Å². The number of carbonyl (C=O) groups excluding carboxylic acids is 2. The second-order valence-electron chi connectivity index (χ2n) is 5.83. The summed E-state index contributed by atoms with van der Waals surface area (Å²) >= 11 is 5.80. The molecule has 7 heteroatoms. The zero-order valence-electron chi connectivity index (χ0n) is 12.9. The molecule has 0 aliphatic carbocycles. The van der Waals surface area contributed by atoms with E-state index in [1.165, 1.54) is 0 Å². The van der Waals surface area contributed by atoms with Crippen LogP contribution in [0.4, 0.5) is 0 Å². The van der Waals surface area contributed by atoms with Gasteiger partial charge in [0.25, 0.3) is 0 Å². The van der Waals surface area contributed by atoms with Crippen molar-refractivity contribution in [3.8, 4) is 0 Å². The number of nitrogens with one attached hydrogen (secondary N) is 1. The number of hydrogen-bond acceptors (Lipinski definition) is 4. The number of piperidine rings is 1.